The van der Waals surface area contributed by atoms with Crippen LogP contribution in [0.3, 0.4) is 0 Å². The zero-order valence-electron chi connectivity index (χ0n) is 16.1. The maximum absolute atomic E-state index is 13.3. The van der Waals surface area contributed by atoms with Crippen LogP contribution in [-0.4, -0.2) is 38.7 Å². The molecular formula is C20H23F3N4O. The molecule has 1 aromatic heterocycles. The van der Waals surface area contributed by atoms with Gasteiger partial charge in [0.1, 0.15) is 5.82 Å². The highest BCUT2D eigenvalue weighted by molar-refractivity contribution is 5.91. The summed E-state index contributed by atoms with van der Waals surface area (Å²) in [6.45, 7) is 6.37. The lowest BCUT2D eigenvalue weighted by Gasteiger charge is -2.33. The molecule has 150 valence electrons. The highest BCUT2D eigenvalue weighted by Gasteiger charge is 2.36. The minimum absolute atomic E-state index is 0.223. The first kappa shape index (κ1) is 20.1. The number of aromatic nitrogens is 3. The second kappa shape index (κ2) is 7.77. The number of nitrogens with zero attached hydrogens (tertiary/aromatic N) is 4. The van der Waals surface area contributed by atoms with E-state index in [0.29, 0.717) is 37.3 Å². The number of carbonyl (C=O) groups is 1. The lowest BCUT2D eigenvalue weighted by Crippen LogP contribution is -2.39. The molecule has 2 heterocycles. The first-order chi connectivity index (χ1) is 13.2. The van der Waals surface area contributed by atoms with Gasteiger partial charge in [0, 0.05) is 19.3 Å². The summed E-state index contributed by atoms with van der Waals surface area (Å²) in [6.07, 6.45) is -1.61. The quantitative estimate of drug-likeness (QED) is 0.773. The number of allylic oxidation sites excluding steroid dienone is 1. The number of benzene rings is 1. The molecule has 8 heteroatoms. The molecule has 1 aliphatic rings. The standard InChI is InChI=1S/C20H23F3N4O/c1-13(2)12-27-14(3)24-25-18(27)19(28)26-10-8-15(9-11-26)16-6-4-5-7-17(16)20(21,22)23/h4-7,12,15H,8-11H2,1-3H3. The molecule has 1 amide bonds. The van der Waals surface area contributed by atoms with Crippen LogP contribution >= 0.6 is 0 Å². The van der Waals surface area contributed by atoms with Gasteiger partial charge in [-0.3, -0.25) is 9.36 Å². The lowest BCUT2D eigenvalue weighted by atomic mass is 9.86. The fourth-order valence-corrected chi connectivity index (χ4v) is 3.57. The average Bonchev–Trinajstić information content (AvgIpc) is 3.00. The molecule has 0 spiro atoms. The van der Waals surface area contributed by atoms with Crippen molar-refractivity contribution in [1.29, 1.82) is 0 Å². The number of likely N-dealkylation sites (tertiary alicyclic amines) is 1. The van der Waals surface area contributed by atoms with Crippen LogP contribution in [0.2, 0.25) is 0 Å². The highest BCUT2D eigenvalue weighted by Crippen LogP contribution is 2.38. The van der Waals surface area contributed by atoms with Gasteiger partial charge in [-0.15, -0.1) is 10.2 Å². The summed E-state index contributed by atoms with van der Waals surface area (Å²) < 4.78 is 41.5. The first-order valence-corrected chi connectivity index (χ1v) is 9.20. The van der Waals surface area contributed by atoms with Gasteiger partial charge >= 0.3 is 6.18 Å². The Morgan fingerprint density at radius 1 is 1.14 bits per heavy atom. The first-order valence-electron chi connectivity index (χ1n) is 9.20. The van der Waals surface area contributed by atoms with Crippen molar-refractivity contribution in [1.82, 2.24) is 19.7 Å². The summed E-state index contributed by atoms with van der Waals surface area (Å²) in [5.74, 6) is 0.367. The van der Waals surface area contributed by atoms with E-state index in [1.165, 1.54) is 6.07 Å². The Hall–Kier alpha value is -2.64. The van der Waals surface area contributed by atoms with Crippen molar-refractivity contribution in [2.75, 3.05) is 13.1 Å². The fraction of sp³-hybridized carbons (Fsp3) is 0.450. The maximum atomic E-state index is 13.3. The number of aryl methyl sites for hydroxylation is 1. The molecule has 0 unspecified atom stereocenters. The van der Waals surface area contributed by atoms with Crippen molar-refractivity contribution >= 4 is 12.1 Å². The Morgan fingerprint density at radius 2 is 1.79 bits per heavy atom. The maximum Gasteiger partial charge on any atom is 0.416 e. The van der Waals surface area contributed by atoms with Crippen LogP contribution < -0.4 is 0 Å². The van der Waals surface area contributed by atoms with Crippen molar-refractivity contribution < 1.29 is 18.0 Å². The second-order valence-corrected chi connectivity index (χ2v) is 7.30. The molecule has 2 aromatic rings. The normalized spacial score (nSPS) is 15.6. The Labute approximate surface area is 161 Å². The fourth-order valence-electron chi connectivity index (χ4n) is 3.57. The van der Waals surface area contributed by atoms with Gasteiger partial charge in [-0.2, -0.15) is 13.2 Å². The summed E-state index contributed by atoms with van der Waals surface area (Å²) in [5, 5.41) is 7.98. The molecule has 0 atom stereocenters. The number of hydrogen-bond acceptors (Lipinski definition) is 3. The van der Waals surface area contributed by atoms with Gasteiger partial charge in [-0.05, 0) is 51.2 Å². The molecule has 3 rings (SSSR count). The van der Waals surface area contributed by atoms with Gasteiger partial charge in [-0.1, -0.05) is 23.8 Å². The third-order valence-corrected chi connectivity index (χ3v) is 4.93. The topological polar surface area (TPSA) is 51.0 Å². The summed E-state index contributed by atoms with van der Waals surface area (Å²) >= 11 is 0. The van der Waals surface area contributed by atoms with Gasteiger partial charge in [0.25, 0.3) is 5.91 Å². The molecule has 1 fully saturated rings. The predicted molar refractivity (Wildman–Crippen MR) is 99.7 cm³/mol. The van der Waals surface area contributed by atoms with E-state index in [4.69, 9.17) is 0 Å². The predicted octanol–water partition coefficient (Wildman–Crippen LogP) is 4.51. The van der Waals surface area contributed by atoms with Crippen LogP contribution in [-0.2, 0) is 6.18 Å². The molecule has 1 saturated heterocycles. The molecule has 0 N–H and O–H groups in total. The number of carbonyl (C=O) groups excluding carboxylic acids is 1. The molecule has 5 nitrogen and oxygen atoms in total. The third kappa shape index (κ3) is 4.10. The van der Waals surface area contributed by atoms with Crippen LogP contribution in [0.15, 0.2) is 29.8 Å². The Morgan fingerprint density at radius 3 is 2.39 bits per heavy atom. The van der Waals surface area contributed by atoms with E-state index >= 15 is 0 Å². The monoisotopic (exact) mass is 392 g/mol. The number of halogens is 3. The van der Waals surface area contributed by atoms with Crippen LogP contribution in [0.1, 0.15) is 60.2 Å². The van der Waals surface area contributed by atoms with Crippen molar-refractivity contribution in [3.05, 3.63) is 52.6 Å². The van der Waals surface area contributed by atoms with Gasteiger partial charge in [0.05, 0.1) is 5.56 Å². The number of alkyl halides is 3. The van der Waals surface area contributed by atoms with Crippen LogP contribution in [0.4, 0.5) is 13.2 Å². The van der Waals surface area contributed by atoms with Crippen molar-refractivity contribution in [3.63, 3.8) is 0 Å². The van der Waals surface area contributed by atoms with E-state index in [1.807, 2.05) is 13.8 Å². The van der Waals surface area contributed by atoms with Crippen molar-refractivity contribution in [2.45, 2.75) is 45.7 Å². The number of amides is 1. The molecule has 1 aliphatic heterocycles. The highest BCUT2D eigenvalue weighted by atomic mass is 19.4. The molecule has 28 heavy (non-hydrogen) atoms. The SMILES string of the molecule is CC(C)=Cn1c(C)nnc1C(=O)N1CCC(c2ccccc2C(F)(F)F)CC1. The Kier molecular flexibility index (Phi) is 5.58. The molecule has 0 saturated carbocycles. The summed E-state index contributed by atoms with van der Waals surface area (Å²) in [7, 11) is 0. The number of rotatable bonds is 3. The van der Waals surface area contributed by atoms with Crippen molar-refractivity contribution in [2.24, 2.45) is 0 Å². The Bertz CT molecular complexity index is 889. The summed E-state index contributed by atoms with van der Waals surface area (Å²) in [4.78, 5) is 14.5. The van der Waals surface area contributed by atoms with Gasteiger partial charge in [-0.25, -0.2) is 0 Å². The molecule has 0 radical (unpaired) electrons. The summed E-state index contributed by atoms with van der Waals surface area (Å²) in [6, 6.07) is 5.70. The van der Waals surface area contributed by atoms with E-state index < -0.39 is 11.7 Å². The van der Waals surface area contributed by atoms with E-state index in [-0.39, 0.29) is 17.6 Å². The zero-order chi connectivity index (χ0) is 20.5. The van der Waals surface area contributed by atoms with E-state index in [2.05, 4.69) is 10.2 Å². The van der Waals surface area contributed by atoms with E-state index in [0.717, 1.165) is 11.6 Å². The van der Waals surface area contributed by atoms with Crippen LogP contribution in [0, 0.1) is 6.92 Å². The molecular weight excluding hydrogens is 369 g/mol. The minimum atomic E-state index is -4.37. The van der Waals surface area contributed by atoms with E-state index in [1.54, 1.807) is 34.7 Å². The average molecular weight is 392 g/mol. The van der Waals surface area contributed by atoms with Gasteiger partial charge < -0.3 is 4.90 Å². The zero-order valence-corrected chi connectivity index (χ0v) is 16.1. The second-order valence-electron chi connectivity index (χ2n) is 7.30. The van der Waals surface area contributed by atoms with Crippen molar-refractivity contribution in [3.8, 4) is 0 Å². The van der Waals surface area contributed by atoms with Crippen LogP contribution in [0.25, 0.3) is 6.20 Å². The van der Waals surface area contributed by atoms with E-state index in [9.17, 15) is 18.0 Å². The number of piperidine rings is 1. The minimum Gasteiger partial charge on any atom is -0.336 e. The molecule has 0 bridgehead atoms. The van der Waals surface area contributed by atoms with Crippen LogP contribution in [0.5, 0.6) is 0 Å². The Balaban J connectivity index is 1.75. The molecule has 0 aliphatic carbocycles. The lowest BCUT2D eigenvalue weighted by molar-refractivity contribution is -0.138. The largest absolute Gasteiger partial charge is 0.416 e. The summed E-state index contributed by atoms with van der Waals surface area (Å²) in [5.41, 5.74) is 0.726. The number of hydrogen-bond donors (Lipinski definition) is 0. The van der Waals surface area contributed by atoms with Gasteiger partial charge in [0.15, 0.2) is 0 Å². The smallest absolute Gasteiger partial charge is 0.336 e. The molecule has 1 aromatic carbocycles. The van der Waals surface area contributed by atoms with Gasteiger partial charge in [0.2, 0.25) is 5.82 Å². The third-order valence-electron chi connectivity index (χ3n) is 4.93.